The lowest BCUT2D eigenvalue weighted by Gasteiger charge is -2.15. The van der Waals surface area contributed by atoms with Gasteiger partial charge in [-0.15, -0.1) is 23.1 Å². The van der Waals surface area contributed by atoms with Gasteiger partial charge in [-0.05, 0) is 49.9 Å². The highest BCUT2D eigenvalue weighted by Crippen LogP contribution is 2.39. The standard InChI is InChI=1S/C19H23NO4S2/c1-9-7-10(2)12(4)15(11(9)3)25-8-13-14(18(21)23-5)17(20)26-16(13)19(22)24-6/h7H,8,20H2,1-6H3. The smallest absolute Gasteiger partial charge is 0.348 e. The van der Waals surface area contributed by atoms with Gasteiger partial charge in [-0.3, -0.25) is 0 Å². The van der Waals surface area contributed by atoms with E-state index in [-0.39, 0.29) is 10.6 Å². The molecule has 1 aromatic carbocycles. The molecule has 1 aromatic heterocycles. The molecule has 0 spiro atoms. The molecule has 2 N–H and O–H groups in total. The first-order valence-electron chi connectivity index (χ1n) is 8.00. The Morgan fingerprint density at radius 3 is 2.08 bits per heavy atom. The van der Waals surface area contributed by atoms with Crippen LogP contribution in [0.25, 0.3) is 0 Å². The Bertz CT molecular complexity index is 845. The van der Waals surface area contributed by atoms with Crippen LogP contribution in [0.1, 0.15) is 47.8 Å². The molecule has 0 atom stereocenters. The molecule has 0 aliphatic heterocycles. The van der Waals surface area contributed by atoms with Crippen molar-refractivity contribution in [1.29, 1.82) is 0 Å². The van der Waals surface area contributed by atoms with Gasteiger partial charge in [0.05, 0.1) is 19.8 Å². The van der Waals surface area contributed by atoms with E-state index in [1.54, 1.807) is 11.8 Å². The van der Waals surface area contributed by atoms with E-state index in [1.807, 2.05) is 0 Å². The molecule has 2 rings (SSSR count). The maximum absolute atomic E-state index is 12.2. The van der Waals surface area contributed by atoms with E-state index in [4.69, 9.17) is 15.2 Å². The van der Waals surface area contributed by atoms with Crippen LogP contribution >= 0.6 is 23.1 Å². The summed E-state index contributed by atoms with van der Waals surface area (Å²) in [5.41, 5.74) is 11.6. The fourth-order valence-electron chi connectivity index (χ4n) is 2.75. The van der Waals surface area contributed by atoms with Crippen LogP contribution in [-0.4, -0.2) is 26.2 Å². The van der Waals surface area contributed by atoms with E-state index >= 15 is 0 Å². The number of nitrogens with two attached hydrogens (primary N) is 1. The number of carbonyl (C=O) groups is 2. The minimum atomic E-state index is -0.543. The topological polar surface area (TPSA) is 78.6 Å². The molecule has 0 aliphatic carbocycles. The third-order valence-corrected chi connectivity index (χ3v) is 6.83. The predicted octanol–water partition coefficient (Wildman–Crippen LogP) is 4.43. The number of methoxy groups -OCH3 is 2. The fourth-order valence-corrected chi connectivity index (χ4v) is 5.16. The molecule has 1 heterocycles. The van der Waals surface area contributed by atoms with Crippen molar-refractivity contribution in [2.75, 3.05) is 20.0 Å². The number of carbonyl (C=O) groups excluding carboxylic acids is 2. The molecular formula is C19H23NO4S2. The van der Waals surface area contributed by atoms with Crippen molar-refractivity contribution in [2.45, 2.75) is 38.3 Å². The second-order valence-corrected chi connectivity index (χ2v) is 8.05. The summed E-state index contributed by atoms with van der Waals surface area (Å²) >= 11 is 2.64. The van der Waals surface area contributed by atoms with Gasteiger partial charge >= 0.3 is 11.9 Å². The lowest BCUT2D eigenvalue weighted by molar-refractivity contribution is 0.0601. The van der Waals surface area contributed by atoms with Gasteiger partial charge in [0.15, 0.2) is 0 Å². The Kier molecular flexibility index (Phi) is 6.36. The third kappa shape index (κ3) is 3.73. The monoisotopic (exact) mass is 393 g/mol. The summed E-state index contributed by atoms with van der Waals surface area (Å²) in [6.07, 6.45) is 0. The van der Waals surface area contributed by atoms with Gasteiger partial charge in [0, 0.05) is 16.2 Å². The normalized spacial score (nSPS) is 10.7. The number of hydrogen-bond acceptors (Lipinski definition) is 7. The molecule has 0 amide bonds. The summed E-state index contributed by atoms with van der Waals surface area (Å²) in [6.45, 7) is 8.31. The minimum absolute atomic E-state index is 0.255. The molecule has 5 nitrogen and oxygen atoms in total. The van der Waals surface area contributed by atoms with Crippen LogP contribution in [0.3, 0.4) is 0 Å². The lowest BCUT2D eigenvalue weighted by atomic mass is 10.0. The Morgan fingerprint density at radius 2 is 1.58 bits per heavy atom. The average molecular weight is 394 g/mol. The van der Waals surface area contributed by atoms with Crippen molar-refractivity contribution in [3.8, 4) is 0 Å². The molecule has 26 heavy (non-hydrogen) atoms. The van der Waals surface area contributed by atoms with Crippen LogP contribution in [0.4, 0.5) is 5.00 Å². The van der Waals surface area contributed by atoms with E-state index in [9.17, 15) is 9.59 Å². The molecule has 140 valence electrons. The highest BCUT2D eigenvalue weighted by molar-refractivity contribution is 7.98. The quantitative estimate of drug-likeness (QED) is 0.598. The summed E-state index contributed by atoms with van der Waals surface area (Å²) in [4.78, 5) is 25.8. The summed E-state index contributed by atoms with van der Waals surface area (Å²) in [5, 5.41) is 0.265. The number of benzene rings is 1. The van der Waals surface area contributed by atoms with Crippen LogP contribution in [0, 0.1) is 27.7 Å². The number of thiophene rings is 1. The van der Waals surface area contributed by atoms with Crippen LogP contribution in [0.5, 0.6) is 0 Å². The predicted molar refractivity (Wildman–Crippen MR) is 106 cm³/mol. The van der Waals surface area contributed by atoms with E-state index in [0.717, 1.165) is 16.2 Å². The molecule has 0 saturated heterocycles. The number of rotatable bonds is 5. The maximum Gasteiger partial charge on any atom is 0.348 e. The summed E-state index contributed by atoms with van der Waals surface area (Å²) in [6, 6.07) is 2.16. The Morgan fingerprint density at radius 1 is 1.04 bits per heavy atom. The van der Waals surface area contributed by atoms with Crippen LogP contribution in [0.15, 0.2) is 11.0 Å². The van der Waals surface area contributed by atoms with Crippen molar-refractivity contribution >= 4 is 40.0 Å². The molecule has 2 aromatic rings. The van der Waals surface area contributed by atoms with Gasteiger partial charge in [0.25, 0.3) is 0 Å². The van der Waals surface area contributed by atoms with E-state index in [0.29, 0.717) is 16.2 Å². The van der Waals surface area contributed by atoms with Crippen molar-refractivity contribution in [1.82, 2.24) is 0 Å². The van der Waals surface area contributed by atoms with Gasteiger partial charge in [-0.2, -0.15) is 0 Å². The maximum atomic E-state index is 12.2. The molecule has 7 heteroatoms. The fraction of sp³-hybridized carbons (Fsp3) is 0.368. The third-order valence-electron chi connectivity index (χ3n) is 4.45. The van der Waals surface area contributed by atoms with Gasteiger partial charge in [0.2, 0.25) is 0 Å². The molecule has 0 saturated carbocycles. The highest BCUT2D eigenvalue weighted by atomic mass is 32.2. The number of esters is 2. The number of thioether (sulfide) groups is 1. The number of nitrogen functional groups attached to an aromatic ring is 1. The van der Waals surface area contributed by atoms with E-state index in [2.05, 4.69) is 33.8 Å². The van der Waals surface area contributed by atoms with E-state index in [1.165, 1.54) is 36.5 Å². The molecule has 0 radical (unpaired) electrons. The number of anilines is 1. The summed E-state index contributed by atoms with van der Waals surface area (Å²) < 4.78 is 9.70. The Labute approximate surface area is 161 Å². The first kappa shape index (κ1) is 20.3. The minimum Gasteiger partial charge on any atom is -0.465 e. The largest absolute Gasteiger partial charge is 0.465 e. The zero-order chi connectivity index (χ0) is 19.6. The molecule has 0 unspecified atom stereocenters. The molecule has 0 aliphatic rings. The summed E-state index contributed by atoms with van der Waals surface area (Å²) in [5.74, 6) is -0.618. The van der Waals surface area contributed by atoms with Crippen LogP contribution in [0.2, 0.25) is 0 Å². The van der Waals surface area contributed by atoms with Gasteiger partial charge in [0.1, 0.15) is 9.88 Å². The molecule has 0 fully saturated rings. The Balaban J connectivity index is 2.50. The van der Waals surface area contributed by atoms with Crippen LogP contribution < -0.4 is 5.73 Å². The van der Waals surface area contributed by atoms with Gasteiger partial charge in [-0.25, -0.2) is 9.59 Å². The summed E-state index contributed by atoms with van der Waals surface area (Å²) in [7, 11) is 2.61. The number of hydrogen-bond donors (Lipinski definition) is 1. The van der Waals surface area contributed by atoms with Crippen molar-refractivity contribution in [3.05, 3.63) is 44.3 Å². The first-order valence-corrected chi connectivity index (χ1v) is 9.81. The Hall–Kier alpha value is -1.99. The zero-order valence-corrected chi connectivity index (χ0v) is 17.4. The first-order chi connectivity index (χ1) is 12.2. The molecular weight excluding hydrogens is 370 g/mol. The van der Waals surface area contributed by atoms with Gasteiger partial charge < -0.3 is 15.2 Å². The van der Waals surface area contributed by atoms with Crippen molar-refractivity contribution in [2.24, 2.45) is 0 Å². The SMILES string of the molecule is COC(=O)c1sc(N)c(C(=O)OC)c1CSc1c(C)c(C)cc(C)c1C. The molecule has 0 bridgehead atoms. The highest BCUT2D eigenvalue weighted by Gasteiger charge is 2.27. The number of aryl methyl sites for hydroxylation is 2. The zero-order valence-electron chi connectivity index (χ0n) is 15.8. The average Bonchev–Trinajstić information content (AvgIpc) is 2.95. The van der Waals surface area contributed by atoms with E-state index < -0.39 is 11.9 Å². The van der Waals surface area contributed by atoms with Crippen molar-refractivity contribution in [3.63, 3.8) is 0 Å². The second-order valence-electron chi connectivity index (χ2n) is 6.01. The lowest BCUT2D eigenvalue weighted by Crippen LogP contribution is -2.08. The van der Waals surface area contributed by atoms with Crippen LogP contribution in [-0.2, 0) is 15.2 Å². The van der Waals surface area contributed by atoms with Crippen molar-refractivity contribution < 1.29 is 19.1 Å². The van der Waals surface area contributed by atoms with Gasteiger partial charge in [-0.1, -0.05) is 6.07 Å². The second kappa shape index (κ2) is 8.14. The number of ether oxygens (including phenoxy) is 2.